The van der Waals surface area contributed by atoms with Crippen LogP contribution in [0.2, 0.25) is 0 Å². The normalized spacial score (nSPS) is 26.9. The summed E-state index contributed by atoms with van der Waals surface area (Å²) in [5.74, 6) is 0.246. The van der Waals surface area contributed by atoms with Crippen LogP contribution >= 0.6 is 0 Å². The highest BCUT2D eigenvalue weighted by molar-refractivity contribution is 5.87. The van der Waals surface area contributed by atoms with Crippen molar-refractivity contribution in [1.82, 2.24) is 4.90 Å². The number of likely N-dealkylation sites (tertiary alicyclic amines) is 1. The van der Waals surface area contributed by atoms with E-state index in [2.05, 4.69) is 13.8 Å². The Bertz CT molecular complexity index is 1030. The second-order valence-corrected chi connectivity index (χ2v) is 8.98. The number of nitrogens with zero attached hydrogens (tertiary/aromatic N) is 1. The molecule has 1 aliphatic carbocycles. The molecule has 0 spiro atoms. The molecule has 2 heterocycles. The highest BCUT2D eigenvalue weighted by Gasteiger charge is 2.42. The molecule has 1 saturated heterocycles. The van der Waals surface area contributed by atoms with Crippen LogP contribution in [0.4, 0.5) is 0 Å². The van der Waals surface area contributed by atoms with E-state index in [4.69, 9.17) is 9.15 Å². The molecule has 2 fully saturated rings. The third kappa shape index (κ3) is 4.00. The number of fused-ring (bicyclic) bond motifs is 1. The van der Waals surface area contributed by atoms with E-state index in [0.29, 0.717) is 29.5 Å². The standard InChI is InChI=1S/C24H29NO5/c1-14-7-8-19-18(11-23(27)30-21(19)9-14)13-29-24(28)17-10-22(26)25(12-17)20-6-4-5-15(2)16(20)3/h7-9,11,15-17,20H,4-6,10,12-13H2,1-3H3/t15-,16-,17-,20-/m1/s1. The molecule has 4 rings (SSSR count). The maximum absolute atomic E-state index is 12.7. The van der Waals surface area contributed by atoms with Crippen LogP contribution in [0.25, 0.3) is 11.0 Å². The van der Waals surface area contributed by atoms with Crippen LogP contribution in [0, 0.1) is 24.7 Å². The minimum atomic E-state index is -0.471. The van der Waals surface area contributed by atoms with Crippen LogP contribution in [0.1, 0.15) is 50.7 Å². The zero-order valence-corrected chi connectivity index (χ0v) is 17.8. The van der Waals surface area contributed by atoms with Crippen molar-refractivity contribution in [3.8, 4) is 0 Å². The number of hydrogen-bond donors (Lipinski definition) is 0. The van der Waals surface area contributed by atoms with E-state index in [1.807, 2.05) is 24.0 Å². The zero-order chi connectivity index (χ0) is 21.4. The van der Waals surface area contributed by atoms with E-state index >= 15 is 0 Å². The molecule has 1 aliphatic heterocycles. The number of hydrogen-bond acceptors (Lipinski definition) is 5. The lowest BCUT2D eigenvalue weighted by Gasteiger charge is -2.39. The number of carbonyl (C=O) groups is 2. The van der Waals surface area contributed by atoms with Crippen LogP contribution in [0.15, 0.2) is 33.5 Å². The summed E-state index contributed by atoms with van der Waals surface area (Å²) in [7, 11) is 0. The molecule has 0 radical (unpaired) electrons. The Labute approximate surface area is 176 Å². The van der Waals surface area contributed by atoms with Gasteiger partial charge in [0.2, 0.25) is 5.91 Å². The Morgan fingerprint density at radius 1 is 1.20 bits per heavy atom. The van der Waals surface area contributed by atoms with Crippen LogP contribution in [0.5, 0.6) is 0 Å². The minimum Gasteiger partial charge on any atom is -0.461 e. The topological polar surface area (TPSA) is 76.8 Å². The number of esters is 1. The van der Waals surface area contributed by atoms with Gasteiger partial charge in [0.15, 0.2) is 0 Å². The summed E-state index contributed by atoms with van der Waals surface area (Å²) in [6.07, 6.45) is 3.53. The lowest BCUT2D eigenvalue weighted by molar-refractivity contribution is -0.149. The van der Waals surface area contributed by atoms with Gasteiger partial charge in [-0.15, -0.1) is 0 Å². The number of ether oxygens (including phenoxy) is 1. The fourth-order valence-corrected chi connectivity index (χ4v) is 4.93. The summed E-state index contributed by atoms with van der Waals surface area (Å²) in [6.45, 7) is 6.79. The van der Waals surface area contributed by atoms with E-state index in [1.165, 1.54) is 12.5 Å². The number of amides is 1. The van der Waals surface area contributed by atoms with Crippen LogP contribution in [-0.2, 0) is 20.9 Å². The van der Waals surface area contributed by atoms with E-state index < -0.39 is 11.5 Å². The Hall–Kier alpha value is -2.63. The van der Waals surface area contributed by atoms with Crippen LogP contribution in [0.3, 0.4) is 0 Å². The summed E-state index contributed by atoms with van der Waals surface area (Å²) < 4.78 is 10.8. The van der Waals surface area contributed by atoms with E-state index in [0.717, 1.165) is 23.8 Å². The van der Waals surface area contributed by atoms with Crippen LogP contribution < -0.4 is 5.63 Å². The molecule has 6 nitrogen and oxygen atoms in total. The first-order chi connectivity index (χ1) is 14.3. The first kappa shape index (κ1) is 20.6. The molecule has 1 aromatic heterocycles. The first-order valence-corrected chi connectivity index (χ1v) is 10.8. The number of carbonyl (C=O) groups excluding carboxylic acids is 2. The summed E-state index contributed by atoms with van der Waals surface area (Å²) >= 11 is 0. The average Bonchev–Trinajstić information content (AvgIpc) is 3.09. The summed E-state index contributed by atoms with van der Waals surface area (Å²) in [4.78, 5) is 39.1. The molecule has 2 aliphatic rings. The largest absolute Gasteiger partial charge is 0.461 e. The van der Waals surface area contributed by atoms with Gasteiger partial charge in [-0.3, -0.25) is 9.59 Å². The summed E-state index contributed by atoms with van der Waals surface area (Å²) in [5, 5.41) is 0.752. The molecule has 2 aromatic rings. The van der Waals surface area contributed by atoms with E-state index in [1.54, 1.807) is 6.07 Å². The smallest absolute Gasteiger partial charge is 0.336 e. The molecule has 0 bridgehead atoms. The van der Waals surface area contributed by atoms with Crippen molar-refractivity contribution < 1.29 is 18.7 Å². The zero-order valence-electron chi connectivity index (χ0n) is 17.8. The van der Waals surface area contributed by atoms with Crippen molar-refractivity contribution >= 4 is 22.8 Å². The maximum Gasteiger partial charge on any atom is 0.336 e. The molecule has 0 unspecified atom stereocenters. The maximum atomic E-state index is 12.7. The lowest BCUT2D eigenvalue weighted by atomic mass is 9.77. The van der Waals surface area contributed by atoms with E-state index in [-0.39, 0.29) is 30.9 Å². The van der Waals surface area contributed by atoms with Crippen molar-refractivity contribution in [2.24, 2.45) is 17.8 Å². The molecular weight excluding hydrogens is 382 g/mol. The third-order valence-electron chi connectivity index (χ3n) is 6.91. The van der Waals surface area contributed by atoms with Gasteiger partial charge >= 0.3 is 11.6 Å². The minimum absolute atomic E-state index is 0.00838. The number of benzene rings is 1. The Balaban J connectivity index is 1.43. The Kier molecular flexibility index (Phi) is 5.67. The van der Waals surface area contributed by atoms with Gasteiger partial charge in [-0.2, -0.15) is 0 Å². The predicted octanol–water partition coefficient (Wildman–Crippen LogP) is 3.82. The van der Waals surface area contributed by atoms with Gasteiger partial charge in [0.25, 0.3) is 0 Å². The number of aryl methyl sites for hydroxylation is 1. The highest BCUT2D eigenvalue weighted by Crippen LogP contribution is 2.36. The Morgan fingerprint density at radius 3 is 2.80 bits per heavy atom. The van der Waals surface area contributed by atoms with Gasteiger partial charge in [-0.1, -0.05) is 38.8 Å². The lowest BCUT2D eigenvalue weighted by Crippen LogP contribution is -2.45. The molecule has 0 N–H and O–H groups in total. The van der Waals surface area contributed by atoms with Gasteiger partial charge in [0.05, 0.1) is 5.92 Å². The monoisotopic (exact) mass is 411 g/mol. The molecule has 30 heavy (non-hydrogen) atoms. The van der Waals surface area contributed by atoms with Crippen molar-refractivity contribution in [3.63, 3.8) is 0 Å². The SMILES string of the molecule is Cc1ccc2c(COC(=O)[C@@H]3CC(=O)N([C@@H]4CCC[C@@H](C)[C@H]4C)C3)cc(=O)oc2c1. The van der Waals surface area contributed by atoms with Crippen molar-refractivity contribution in [1.29, 1.82) is 0 Å². The molecular formula is C24H29NO5. The molecule has 1 saturated carbocycles. The fourth-order valence-electron chi connectivity index (χ4n) is 4.93. The van der Waals surface area contributed by atoms with E-state index in [9.17, 15) is 14.4 Å². The van der Waals surface area contributed by atoms with Gasteiger partial charge < -0.3 is 14.1 Å². The van der Waals surface area contributed by atoms with Gasteiger partial charge in [0, 0.05) is 36.0 Å². The van der Waals surface area contributed by atoms with Crippen molar-refractivity contribution in [3.05, 3.63) is 45.8 Å². The predicted molar refractivity (Wildman–Crippen MR) is 113 cm³/mol. The van der Waals surface area contributed by atoms with Crippen LogP contribution in [-0.4, -0.2) is 29.4 Å². The molecule has 4 atom stereocenters. The molecule has 6 heteroatoms. The summed E-state index contributed by atoms with van der Waals surface area (Å²) in [6, 6.07) is 7.16. The molecule has 1 amide bonds. The highest BCUT2D eigenvalue weighted by atomic mass is 16.5. The van der Waals surface area contributed by atoms with Crippen molar-refractivity contribution in [2.75, 3.05) is 6.54 Å². The molecule has 1 aromatic carbocycles. The van der Waals surface area contributed by atoms with Gasteiger partial charge in [-0.05, 0) is 36.8 Å². The average molecular weight is 411 g/mol. The van der Waals surface area contributed by atoms with Crippen molar-refractivity contribution in [2.45, 2.75) is 59.1 Å². The second-order valence-electron chi connectivity index (χ2n) is 8.98. The number of rotatable bonds is 4. The quantitative estimate of drug-likeness (QED) is 0.565. The first-order valence-electron chi connectivity index (χ1n) is 10.8. The van der Waals surface area contributed by atoms with Gasteiger partial charge in [-0.25, -0.2) is 4.79 Å². The third-order valence-corrected chi connectivity index (χ3v) is 6.91. The van der Waals surface area contributed by atoms with Gasteiger partial charge in [0.1, 0.15) is 12.2 Å². The summed E-state index contributed by atoms with van der Waals surface area (Å²) in [5.41, 5.74) is 1.61. The second kappa shape index (κ2) is 8.25. The molecule has 160 valence electrons. The fraction of sp³-hybridized carbons (Fsp3) is 0.542. The Morgan fingerprint density at radius 2 is 2.00 bits per heavy atom.